The zero-order chi connectivity index (χ0) is 17.0. The third-order valence-corrected chi connectivity index (χ3v) is 4.53. The molecule has 2 aromatic rings. The number of hydrogen-bond acceptors (Lipinski definition) is 3. The fourth-order valence-electron chi connectivity index (χ4n) is 1.82. The van der Waals surface area contributed by atoms with E-state index in [0.717, 1.165) is 20.6 Å². The number of benzene rings is 2. The fourth-order valence-corrected chi connectivity index (χ4v) is 2.94. The quantitative estimate of drug-likeness (QED) is 0.527. The van der Waals surface area contributed by atoms with E-state index in [2.05, 4.69) is 33.2 Å². The highest BCUT2D eigenvalue weighted by atomic mass is 127. The molecule has 0 aliphatic rings. The minimum absolute atomic E-state index is 0.209. The predicted molar refractivity (Wildman–Crippen MR) is 106 cm³/mol. The first-order chi connectivity index (χ1) is 10.9. The molecule has 7 heteroatoms. The molecule has 0 heterocycles. The Kier molecular flexibility index (Phi) is 6.20. The van der Waals surface area contributed by atoms with Crippen LogP contribution in [0.25, 0.3) is 0 Å². The number of anilines is 1. The van der Waals surface area contributed by atoms with Crippen LogP contribution in [0.4, 0.5) is 5.69 Å². The van der Waals surface area contributed by atoms with Gasteiger partial charge in [-0.25, -0.2) is 0 Å². The monoisotopic (exact) mass is 460 g/mol. The highest BCUT2D eigenvalue weighted by Gasteiger charge is 2.11. The molecular formula is C16H14ClIN2O2S. The number of hydrogen-bond donors (Lipinski definition) is 2. The molecule has 0 aliphatic heterocycles. The number of thiocarbonyl (C=S) groups is 1. The second kappa shape index (κ2) is 7.94. The molecule has 0 aromatic heterocycles. The fraction of sp³-hybridized carbons (Fsp3) is 0.125. The minimum atomic E-state index is -0.290. The molecule has 0 fully saturated rings. The molecule has 0 bridgehead atoms. The first-order valence-corrected chi connectivity index (χ1v) is 8.49. The number of amides is 1. The summed E-state index contributed by atoms with van der Waals surface area (Å²) in [4.78, 5) is 12.2. The lowest BCUT2D eigenvalue weighted by molar-refractivity contribution is 0.0977. The summed E-state index contributed by atoms with van der Waals surface area (Å²) >= 11 is 13.3. The molecular weight excluding hydrogens is 447 g/mol. The number of aryl methyl sites for hydroxylation is 1. The molecule has 2 rings (SSSR count). The lowest BCUT2D eigenvalue weighted by Crippen LogP contribution is -2.34. The van der Waals surface area contributed by atoms with E-state index in [9.17, 15) is 4.79 Å². The summed E-state index contributed by atoms with van der Waals surface area (Å²) in [7, 11) is 1.59. The number of ether oxygens (including phenoxy) is 1. The van der Waals surface area contributed by atoms with Crippen molar-refractivity contribution in [3.05, 3.63) is 56.1 Å². The number of carbonyl (C=O) groups excluding carboxylic acids is 1. The van der Waals surface area contributed by atoms with Gasteiger partial charge >= 0.3 is 0 Å². The molecule has 2 N–H and O–H groups in total. The zero-order valence-corrected chi connectivity index (χ0v) is 16.2. The maximum Gasteiger partial charge on any atom is 0.257 e. The zero-order valence-electron chi connectivity index (χ0n) is 12.4. The van der Waals surface area contributed by atoms with Crippen LogP contribution in [-0.2, 0) is 0 Å². The second-order valence-corrected chi connectivity index (χ2v) is 6.70. The number of halogens is 2. The van der Waals surface area contributed by atoms with Crippen molar-refractivity contribution in [3.63, 3.8) is 0 Å². The average Bonchev–Trinajstić information content (AvgIpc) is 2.50. The summed E-state index contributed by atoms with van der Waals surface area (Å²) in [5.74, 6) is 0.429. The van der Waals surface area contributed by atoms with Crippen LogP contribution >= 0.6 is 46.4 Å². The summed E-state index contributed by atoms with van der Waals surface area (Å²) < 4.78 is 6.02. The highest BCUT2D eigenvalue weighted by molar-refractivity contribution is 14.1. The Balaban J connectivity index is 2.03. The molecule has 2 aromatic carbocycles. The molecule has 0 atom stereocenters. The van der Waals surface area contributed by atoms with Gasteiger partial charge in [0.15, 0.2) is 5.11 Å². The Morgan fingerprint density at radius 1 is 1.26 bits per heavy atom. The van der Waals surface area contributed by atoms with Gasteiger partial charge < -0.3 is 10.1 Å². The standard InChI is InChI=1S/C16H14ClIN2O2S/c1-9-3-5-11(8-12(9)17)19-16(23)20-15(21)10-4-6-14(22-2)13(18)7-10/h3-8H,1-2H3,(H2,19,20,21,23). The van der Waals surface area contributed by atoms with Crippen LogP contribution in [-0.4, -0.2) is 18.1 Å². The van der Waals surface area contributed by atoms with Gasteiger partial charge in [0.1, 0.15) is 5.75 Å². The van der Waals surface area contributed by atoms with Gasteiger partial charge in [-0.3, -0.25) is 10.1 Å². The molecule has 0 saturated heterocycles. The minimum Gasteiger partial charge on any atom is -0.496 e. The third kappa shape index (κ3) is 4.79. The van der Waals surface area contributed by atoms with E-state index >= 15 is 0 Å². The number of nitrogens with one attached hydrogen (secondary N) is 2. The molecule has 0 radical (unpaired) electrons. The predicted octanol–water partition coefficient (Wildman–Crippen LogP) is 4.39. The summed E-state index contributed by atoms with van der Waals surface area (Å²) in [6.45, 7) is 1.91. The highest BCUT2D eigenvalue weighted by Crippen LogP contribution is 2.22. The second-order valence-electron chi connectivity index (χ2n) is 4.72. The number of carbonyl (C=O) groups is 1. The van der Waals surface area contributed by atoms with E-state index in [1.54, 1.807) is 31.4 Å². The Bertz CT molecular complexity index is 768. The smallest absolute Gasteiger partial charge is 0.257 e. The molecule has 0 unspecified atom stereocenters. The first kappa shape index (κ1) is 18.0. The third-order valence-electron chi connectivity index (χ3n) is 3.07. The normalized spacial score (nSPS) is 10.1. The van der Waals surface area contributed by atoms with Crippen molar-refractivity contribution >= 4 is 63.1 Å². The van der Waals surface area contributed by atoms with Gasteiger partial charge in [-0.2, -0.15) is 0 Å². The van der Waals surface area contributed by atoms with Crippen molar-refractivity contribution in [3.8, 4) is 5.75 Å². The first-order valence-electron chi connectivity index (χ1n) is 6.62. The Morgan fingerprint density at radius 3 is 2.61 bits per heavy atom. The van der Waals surface area contributed by atoms with E-state index in [1.807, 2.05) is 19.1 Å². The summed E-state index contributed by atoms with van der Waals surface area (Å²) in [5.41, 5.74) is 2.19. The lowest BCUT2D eigenvalue weighted by atomic mass is 10.2. The van der Waals surface area contributed by atoms with Crippen LogP contribution in [0.3, 0.4) is 0 Å². The van der Waals surface area contributed by atoms with Crippen molar-refractivity contribution in [2.45, 2.75) is 6.92 Å². The van der Waals surface area contributed by atoms with Crippen molar-refractivity contribution < 1.29 is 9.53 Å². The Labute approximate surface area is 158 Å². The van der Waals surface area contributed by atoms with E-state index in [0.29, 0.717) is 10.6 Å². The molecule has 0 aliphatic carbocycles. The van der Waals surface area contributed by atoms with Gasteiger partial charge in [-0.1, -0.05) is 17.7 Å². The molecule has 4 nitrogen and oxygen atoms in total. The topological polar surface area (TPSA) is 50.4 Å². The van der Waals surface area contributed by atoms with Gasteiger partial charge in [0, 0.05) is 16.3 Å². The summed E-state index contributed by atoms with van der Waals surface area (Å²) in [5, 5.41) is 6.42. The summed E-state index contributed by atoms with van der Waals surface area (Å²) in [6.07, 6.45) is 0. The maximum atomic E-state index is 12.2. The van der Waals surface area contributed by atoms with Crippen LogP contribution in [0.15, 0.2) is 36.4 Å². The van der Waals surface area contributed by atoms with Gasteiger partial charge in [-0.05, 0) is 77.6 Å². The lowest BCUT2D eigenvalue weighted by Gasteiger charge is -2.11. The van der Waals surface area contributed by atoms with Crippen LogP contribution in [0.5, 0.6) is 5.75 Å². The van der Waals surface area contributed by atoms with E-state index < -0.39 is 0 Å². The molecule has 1 amide bonds. The van der Waals surface area contributed by atoms with Crippen molar-refractivity contribution in [1.82, 2.24) is 5.32 Å². The largest absolute Gasteiger partial charge is 0.496 e. The Morgan fingerprint density at radius 2 is 2.00 bits per heavy atom. The molecule has 0 saturated carbocycles. The van der Waals surface area contributed by atoms with Crippen molar-refractivity contribution in [2.75, 3.05) is 12.4 Å². The van der Waals surface area contributed by atoms with E-state index in [4.69, 9.17) is 28.6 Å². The SMILES string of the molecule is COc1ccc(C(=O)NC(=S)Nc2ccc(C)c(Cl)c2)cc1I. The molecule has 0 spiro atoms. The van der Waals surface area contributed by atoms with E-state index in [-0.39, 0.29) is 11.0 Å². The van der Waals surface area contributed by atoms with Gasteiger partial charge in [0.2, 0.25) is 0 Å². The van der Waals surface area contributed by atoms with Crippen molar-refractivity contribution in [1.29, 1.82) is 0 Å². The van der Waals surface area contributed by atoms with Gasteiger partial charge in [-0.15, -0.1) is 0 Å². The van der Waals surface area contributed by atoms with Gasteiger partial charge in [0.05, 0.1) is 10.7 Å². The average molecular weight is 461 g/mol. The van der Waals surface area contributed by atoms with Crippen LogP contribution in [0.2, 0.25) is 5.02 Å². The number of rotatable bonds is 3. The summed E-state index contributed by atoms with van der Waals surface area (Å²) in [6, 6.07) is 10.6. The van der Waals surface area contributed by atoms with Gasteiger partial charge in [0.25, 0.3) is 5.91 Å². The van der Waals surface area contributed by atoms with Crippen LogP contribution in [0, 0.1) is 10.5 Å². The Hall–Kier alpha value is -1.38. The molecule has 23 heavy (non-hydrogen) atoms. The van der Waals surface area contributed by atoms with Crippen LogP contribution < -0.4 is 15.4 Å². The number of methoxy groups -OCH3 is 1. The van der Waals surface area contributed by atoms with E-state index in [1.165, 1.54) is 0 Å². The molecule has 120 valence electrons. The maximum absolute atomic E-state index is 12.2. The van der Waals surface area contributed by atoms with Crippen molar-refractivity contribution in [2.24, 2.45) is 0 Å². The van der Waals surface area contributed by atoms with Crippen LogP contribution in [0.1, 0.15) is 15.9 Å².